The molecule has 1 spiro atoms. The Kier molecular flexibility index (Phi) is 8.57. The molecule has 1 unspecified atom stereocenters. The molecular weight excluding hydrogens is 540 g/mol. The molecule has 230 valence electrons. The number of benzene rings is 1. The van der Waals surface area contributed by atoms with Crippen molar-refractivity contribution in [2.24, 2.45) is 11.8 Å². The Morgan fingerprint density at radius 1 is 0.976 bits per heavy atom. The molecule has 1 N–H and O–H groups in total. The molecule has 9 atom stereocenters. The average molecular weight is 591 g/mol. The lowest BCUT2D eigenvalue weighted by atomic mass is 9.78. The number of carbonyl (C=O) groups excluding carboxylic acids is 1. The van der Waals surface area contributed by atoms with Gasteiger partial charge in [-0.25, -0.2) is 0 Å². The van der Waals surface area contributed by atoms with E-state index >= 15 is 0 Å². The van der Waals surface area contributed by atoms with Crippen molar-refractivity contribution in [3.8, 4) is 0 Å². The van der Waals surface area contributed by atoms with Crippen LogP contribution in [0, 0.1) is 11.8 Å². The third-order valence-electron chi connectivity index (χ3n) is 9.45. The molecule has 4 saturated heterocycles. The zero-order valence-corrected chi connectivity index (χ0v) is 27.1. The Morgan fingerprint density at radius 3 is 2.29 bits per heavy atom. The molecule has 1 aromatic carbocycles. The van der Waals surface area contributed by atoms with Gasteiger partial charge in [0, 0.05) is 29.3 Å². The van der Waals surface area contributed by atoms with Gasteiger partial charge in [0.15, 0.2) is 5.79 Å². The van der Waals surface area contributed by atoms with E-state index in [9.17, 15) is 9.90 Å². The number of rotatable bonds is 4. The monoisotopic (exact) mass is 590 g/mol. The molecule has 0 radical (unpaired) electrons. The molecule has 9 heteroatoms. The minimum Gasteiger partial charge on any atom is -0.461 e. The van der Waals surface area contributed by atoms with E-state index in [0.717, 1.165) is 5.56 Å². The number of fused-ring (bicyclic) bond motifs is 2. The molecular formula is C32H50O8Si. The van der Waals surface area contributed by atoms with Gasteiger partial charge in [-0.2, -0.15) is 0 Å². The molecule has 0 aromatic heterocycles. The number of ether oxygens (including phenoxy) is 4. The van der Waals surface area contributed by atoms with Crippen LogP contribution in [0.25, 0.3) is 0 Å². The Balaban J connectivity index is 1.29. The first-order valence-corrected chi connectivity index (χ1v) is 17.2. The molecule has 4 aliphatic heterocycles. The van der Waals surface area contributed by atoms with Gasteiger partial charge >= 0.3 is 14.5 Å². The second-order valence-electron chi connectivity index (χ2n) is 14.9. The minimum absolute atomic E-state index is 0.0289. The van der Waals surface area contributed by atoms with E-state index in [1.807, 2.05) is 37.3 Å². The Labute approximate surface area is 246 Å². The summed E-state index contributed by atoms with van der Waals surface area (Å²) < 4.78 is 39.2. The van der Waals surface area contributed by atoms with Crippen molar-refractivity contribution < 1.29 is 37.7 Å². The summed E-state index contributed by atoms with van der Waals surface area (Å²) in [5.74, 6) is -1.23. The molecule has 5 rings (SSSR count). The predicted molar refractivity (Wildman–Crippen MR) is 156 cm³/mol. The molecule has 4 heterocycles. The van der Waals surface area contributed by atoms with E-state index in [2.05, 4.69) is 48.5 Å². The maximum Gasteiger partial charge on any atom is 0.349 e. The van der Waals surface area contributed by atoms with Crippen LogP contribution >= 0.6 is 0 Å². The van der Waals surface area contributed by atoms with Crippen molar-refractivity contribution in [3.05, 3.63) is 35.9 Å². The lowest BCUT2D eigenvalue weighted by Gasteiger charge is -2.59. The maximum absolute atomic E-state index is 12.8. The van der Waals surface area contributed by atoms with Gasteiger partial charge in [0.05, 0.1) is 43.5 Å². The number of esters is 1. The van der Waals surface area contributed by atoms with Gasteiger partial charge in [-0.3, -0.25) is 4.79 Å². The summed E-state index contributed by atoms with van der Waals surface area (Å²) in [6.07, 6.45) is -0.170. The van der Waals surface area contributed by atoms with E-state index < -0.39 is 32.5 Å². The zero-order valence-electron chi connectivity index (χ0n) is 26.1. The molecule has 4 fully saturated rings. The maximum atomic E-state index is 12.8. The van der Waals surface area contributed by atoms with Crippen LogP contribution in [0.4, 0.5) is 0 Å². The number of aliphatic hydroxyl groups excluding tert-OH is 1. The van der Waals surface area contributed by atoms with Crippen molar-refractivity contribution in [3.63, 3.8) is 0 Å². The van der Waals surface area contributed by atoms with E-state index in [0.29, 0.717) is 25.9 Å². The van der Waals surface area contributed by atoms with Crippen LogP contribution in [0.1, 0.15) is 86.6 Å². The molecule has 0 amide bonds. The lowest BCUT2D eigenvalue weighted by Crippen LogP contribution is -2.69. The molecule has 4 aliphatic rings. The minimum atomic E-state index is -2.65. The second kappa shape index (κ2) is 11.3. The topological polar surface area (TPSA) is 92.7 Å². The van der Waals surface area contributed by atoms with Gasteiger partial charge in [-0.1, -0.05) is 85.7 Å². The first-order valence-electron chi connectivity index (χ1n) is 15.3. The molecule has 0 aliphatic carbocycles. The molecule has 8 nitrogen and oxygen atoms in total. The Bertz CT molecular complexity index is 1050. The molecule has 1 aromatic rings. The quantitative estimate of drug-likeness (QED) is 0.356. The van der Waals surface area contributed by atoms with Gasteiger partial charge in [-0.15, -0.1) is 0 Å². The van der Waals surface area contributed by atoms with Gasteiger partial charge in [-0.05, 0) is 17.4 Å². The van der Waals surface area contributed by atoms with Crippen LogP contribution in [0.15, 0.2) is 30.3 Å². The number of aliphatic hydroxyl groups is 1. The summed E-state index contributed by atoms with van der Waals surface area (Å²) in [5, 5.41) is 10.8. The summed E-state index contributed by atoms with van der Waals surface area (Å²) in [6, 6.07) is 9.58. The highest BCUT2D eigenvalue weighted by molar-refractivity contribution is 6.73. The van der Waals surface area contributed by atoms with Crippen LogP contribution in [-0.2, 0) is 39.2 Å². The summed E-state index contributed by atoms with van der Waals surface area (Å²) in [6.45, 7) is 18.2. The van der Waals surface area contributed by atoms with Gasteiger partial charge in [0.2, 0.25) is 0 Å². The van der Waals surface area contributed by atoms with Crippen molar-refractivity contribution in [1.82, 2.24) is 0 Å². The smallest absolute Gasteiger partial charge is 0.349 e. The van der Waals surface area contributed by atoms with E-state index in [4.69, 9.17) is 27.8 Å². The summed E-state index contributed by atoms with van der Waals surface area (Å²) in [7, 11) is -2.65. The zero-order chi connectivity index (χ0) is 29.8. The van der Waals surface area contributed by atoms with Gasteiger partial charge < -0.3 is 32.9 Å². The first kappa shape index (κ1) is 31.1. The number of hydrogen-bond donors (Lipinski definition) is 1. The summed E-state index contributed by atoms with van der Waals surface area (Å²) in [5.41, 5.74) is 0.919. The molecule has 0 saturated carbocycles. The van der Waals surface area contributed by atoms with Crippen molar-refractivity contribution >= 4 is 14.5 Å². The fourth-order valence-corrected chi connectivity index (χ4v) is 12.7. The van der Waals surface area contributed by atoms with Crippen LogP contribution in [0.2, 0.25) is 10.1 Å². The van der Waals surface area contributed by atoms with E-state index in [1.165, 1.54) is 0 Å². The standard InChI is InChI=1S/C32H50O8Si/c1-20-16-32(38-24(28(20)34)15-27(33)35-18-22-12-10-9-11-13-22)17-21(2)29-25(39-32)14-23-26(37-29)19-36-41(40-23,30(3,4)5)31(6,7)8/h9-13,20-21,23-26,28-29,34H,14-19H2,1-8H3/t20-,21-,23+,24-,25-,26+,28-,29-,32?/m0/s1. The fraction of sp³-hybridized carbons (Fsp3) is 0.781. The van der Waals surface area contributed by atoms with Crippen LogP contribution < -0.4 is 0 Å². The molecule has 41 heavy (non-hydrogen) atoms. The average Bonchev–Trinajstić information content (AvgIpc) is 2.88. The third kappa shape index (κ3) is 6.05. The predicted octanol–water partition coefficient (Wildman–Crippen LogP) is 5.64. The van der Waals surface area contributed by atoms with Crippen molar-refractivity contribution in [2.45, 2.75) is 140 Å². The largest absolute Gasteiger partial charge is 0.461 e. The van der Waals surface area contributed by atoms with Crippen LogP contribution in [0.5, 0.6) is 0 Å². The SMILES string of the molecule is C[C@H]1CC2(C[C@H](C)[C@@H]3O[C@@H]4CO[Si](C(C)(C)C)(C(C)(C)C)O[C@@H]4C[C@@H]3O2)O[C@@H](CC(=O)OCc2ccccc2)[C@H]1O. The first-order chi connectivity index (χ1) is 19.1. The Morgan fingerprint density at radius 2 is 1.63 bits per heavy atom. The second-order valence-corrected chi connectivity index (χ2v) is 19.6. The Hall–Kier alpha value is -1.33. The number of hydrogen-bond acceptors (Lipinski definition) is 8. The third-order valence-corrected chi connectivity index (χ3v) is 14.6. The highest BCUT2D eigenvalue weighted by atomic mass is 28.4. The highest BCUT2D eigenvalue weighted by Crippen LogP contribution is 2.56. The van der Waals surface area contributed by atoms with Crippen LogP contribution in [-0.4, -0.2) is 68.7 Å². The number of carbonyl (C=O) groups is 1. The van der Waals surface area contributed by atoms with Gasteiger partial charge in [0.25, 0.3) is 0 Å². The summed E-state index contributed by atoms with van der Waals surface area (Å²) in [4.78, 5) is 12.8. The van der Waals surface area contributed by atoms with Gasteiger partial charge in [0.1, 0.15) is 12.7 Å². The van der Waals surface area contributed by atoms with E-state index in [-0.39, 0.29) is 59.4 Å². The summed E-state index contributed by atoms with van der Waals surface area (Å²) >= 11 is 0. The lowest BCUT2D eigenvalue weighted by molar-refractivity contribution is -0.377. The highest BCUT2D eigenvalue weighted by Gasteiger charge is 2.64. The fourth-order valence-electron chi connectivity index (χ4n) is 7.77. The normalized spacial score (nSPS) is 39.0. The van der Waals surface area contributed by atoms with Crippen molar-refractivity contribution in [2.75, 3.05) is 6.61 Å². The molecule has 0 bridgehead atoms. The van der Waals surface area contributed by atoms with E-state index in [1.54, 1.807) is 0 Å². The van der Waals surface area contributed by atoms with Crippen LogP contribution in [0.3, 0.4) is 0 Å². The van der Waals surface area contributed by atoms with Crippen molar-refractivity contribution in [1.29, 1.82) is 0 Å².